The lowest BCUT2D eigenvalue weighted by atomic mass is 10.0. The monoisotopic (exact) mass is 421 g/mol. The average molecular weight is 422 g/mol. The molecule has 0 aliphatic carbocycles. The van der Waals surface area contributed by atoms with Gasteiger partial charge in [0, 0.05) is 30.5 Å². The number of rotatable bonds is 6. The van der Waals surface area contributed by atoms with Gasteiger partial charge in [-0.05, 0) is 54.1 Å². The fraction of sp³-hybridized carbons (Fsp3) is 0.130. The lowest BCUT2D eigenvalue weighted by Gasteiger charge is -2.15. The Labute approximate surface area is 179 Å². The quantitative estimate of drug-likeness (QED) is 0.598. The largest absolute Gasteiger partial charge is 0.467 e. The first-order chi connectivity index (χ1) is 14.4. The molecule has 6 nitrogen and oxygen atoms in total. The van der Waals surface area contributed by atoms with Crippen LogP contribution < -0.4 is 10.2 Å². The van der Waals surface area contributed by atoms with Gasteiger partial charge in [0.25, 0.3) is 11.8 Å². The van der Waals surface area contributed by atoms with Crippen molar-refractivity contribution in [1.82, 2.24) is 4.90 Å². The molecule has 0 saturated carbocycles. The van der Waals surface area contributed by atoms with Crippen molar-refractivity contribution in [2.75, 3.05) is 24.3 Å². The van der Waals surface area contributed by atoms with Crippen LogP contribution in [0.4, 0.5) is 11.4 Å². The van der Waals surface area contributed by atoms with Crippen molar-refractivity contribution in [3.63, 3.8) is 0 Å². The number of nitrogens with zero attached hydrogens (tertiary/aromatic N) is 2. The van der Waals surface area contributed by atoms with E-state index in [0.29, 0.717) is 27.6 Å². The van der Waals surface area contributed by atoms with Crippen molar-refractivity contribution in [1.29, 1.82) is 0 Å². The summed E-state index contributed by atoms with van der Waals surface area (Å²) in [5.41, 5.74) is 2.89. The van der Waals surface area contributed by atoms with Crippen molar-refractivity contribution in [2.45, 2.75) is 6.54 Å². The molecule has 2 aromatic carbocycles. The first-order valence-corrected chi connectivity index (χ1v) is 9.75. The topological polar surface area (TPSA) is 65.8 Å². The lowest BCUT2D eigenvalue weighted by molar-refractivity contribution is -0.137. The number of imide groups is 1. The highest BCUT2D eigenvalue weighted by Gasteiger charge is 2.39. The molecule has 30 heavy (non-hydrogen) atoms. The first kappa shape index (κ1) is 19.8. The Morgan fingerprint density at radius 3 is 2.27 bits per heavy atom. The second-order valence-corrected chi connectivity index (χ2v) is 7.54. The van der Waals surface area contributed by atoms with E-state index in [0.717, 1.165) is 5.69 Å². The van der Waals surface area contributed by atoms with Gasteiger partial charge in [-0.3, -0.25) is 14.5 Å². The molecule has 4 rings (SSSR count). The fourth-order valence-electron chi connectivity index (χ4n) is 3.27. The molecule has 0 saturated heterocycles. The molecule has 1 aliphatic heterocycles. The van der Waals surface area contributed by atoms with Crippen LogP contribution in [0, 0.1) is 0 Å². The molecule has 2 amide bonds. The van der Waals surface area contributed by atoms with Crippen LogP contribution in [0.2, 0.25) is 5.02 Å². The summed E-state index contributed by atoms with van der Waals surface area (Å²) in [7, 11) is 3.91. The molecule has 0 bridgehead atoms. The minimum Gasteiger partial charge on any atom is -0.467 e. The summed E-state index contributed by atoms with van der Waals surface area (Å²) in [6, 6.07) is 17.9. The van der Waals surface area contributed by atoms with Gasteiger partial charge in [0.1, 0.15) is 11.5 Å². The van der Waals surface area contributed by atoms with Crippen LogP contribution in [0.15, 0.2) is 77.0 Å². The fourth-order valence-corrected chi connectivity index (χ4v) is 3.39. The van der Waals surface area contributed by atoms with E-state index in [4.69, 9.17) is 16.0 Å². The normalized spacial score (nSPS) is 13.9. The Morgan fingerprint density at radius 2 is 1.67 bits per heavy atom. The molecule has 0 atom stereocenters. The van der Waals surface area contributed by atoms with Gasteiger partial charge in [0.05, 0.1) is 18.4 Å². The van der Waals surface area contributed by atoms with Crippen molar-refractivity contribution < 1.29 is 14.0 Å². The van der Waals surface area contributed by atoms with E-state index in [9.17, 15) is 9.59 Å². The van der Waals surface area contributed by atoms with Gasteiger partial charge in [-0.25, -0.2) is 0 Å². The smallest absolute Gasteiger partial charge is 0.278 e. The Kier molecular flexibility index (Phi) is 5.33. The highest BCUT2D eigenvalue weighted by atomic mass is 35.5. The average Bonchev–Trinajstić information content (AvgIpc) is 3.32. The maximum Gasteiger partial charge on any atom is 0.278 e. The first-order valence-electron chi connectivity index (χ1n) is 9.37. The summed E-state index contributed by atoms with van der Waals surface area (Å²) in [5.74, 6) is -0.257. The van der Waals surface area contributed by atoms with Crippen LogP contribution in [0.1, 0.15) is 11.3 Å². The van der Waals surface area contributed by atoms with Crippen molar-refractivity contribution in [3.8, 4) is 0 Å². The molecule has 3 aromatic rings. The Hall–Kier alpha value is -3.51. The van der Waals surface area contributed by atoms with Crippen molar-refractivity contribution >= 4 is 40.4 Å². The number of furan rings is 1. The highest BCUT2D eigenvalue weighted by molar-refractivity contribution is 6.36. The number of anilines is 2. The zero-order valence-corrected chi connectivity index (χ0v) is 17.3. The maximum absolute atomic E-state index is 13.2. The summed E-state index contributed by atoms with van der Waals surface area (Å²) in [5, 5.41) is 3.70. The van der Waals surface area contributed by atoms with E-state index in [1.54, 1.807) is 36.4 Å². The highest BCUT2D eigenvalue weighted by Crippen LogP contribution is 2.32. The number of hydrogen-bond donors (Lipinski definition) is 1. The van der Waals surface area contributed by atoms with Gasteiger partial charge in [-0.1, -0.05) is 23.7 Å². The molecule has 0 fully saturated rings. The standard InChI is InChI=1S/C23H20ClN3O3/c1-26(2)18-11-9-17(10-12-18)25-21-20(15-5-7-16(24)8-6-15)22(28)27(23(21)29)14-19-4-3-13-30-19/h3-13,25H,14H2,1-2H3. The van der Waals surface area contributed by atoms with Crippen LogP contribution in [-0.2, 0) is 16.1 Å². The van der Waals surface area contributed by atoms with Crippen molar-refractivity contribution in [3.05, 3.63) is 89.0 Å². The number of carbonyl (C=O) groups is 2. The summed E-state index contributed by atoms with van der Waals surface area (Å²) in [6.45, 7) is 0.0620. The van der Waals surface area contributed by atoms with E-state index in [2.05, 4.69) is 5.32 Å². The summed E-state index contributed by atoms with van der Waals surface area (Å²) in [4.78, 5) is 29.5. The molecular weight excluding hydrogens is 402 g/mol. The number of halogens is 1. The minimum atomic E-state index is -0.405. The molecule has 152 valence electrons. The number of amides is 2. The van der Waals surface area contributed by atoms with E-state index < -0.39 is 5.91 Å². The van der Waals surface area contributed by atoms with Gasteiger partial charge in [-0.2, -0.15) is 0 Å². The number of benzene rings is 2. The SMILES string of the molecule is CN(C)c1ccc(NC2=C(c3ccc(Cl)cc3)C(=O)N(Cc3ccco3)C2=O)cc1. The van der Waals surface area contributed by atoms with Gasteiger partial charge in [-0.15, -0.1) is 0 Å². The third kappa shape index (κ3) is 3.82. The van der Waals surface area contributed by atoms with Crippen molar-refractivity contribution in [2.24, 2.45) is 0 Å². The molecule has 0 spiro atoms. The molecule has 0 unspecified atom stereocenters. The number of hydrogen-bond acceptors (Lipinski definition) is 5. The van der Waals surface area contributed by atoms with Gasteiger partial charge < -0.3 is 14.6 Å². The van der Waals surface area contributed by atoms with Crippen LogP contribution in [0.3, 0.4) is 0 Å². The molecular formula is C23H20ClN3O3. The Balaban J connectivity index is 1.71. The maximum atomic E-state index is 13.2. The predicted octanol–water partition coefficient (Wildman–Crippen LogP) is 4.39. The molecule has 1 aliphatic rings. The second kappa shape index (κ2) is 8.08. The summed E-state index contributed by atoms with van der Waals surface area (Å²) >= 11 is 6.00. The van der Waals surface area contributed by atoms with Gasteiger partial charge in [0.2, 0.25) is 0 Å². The third-order valence-electron chi connectivity index (χ3n) is 4.85. The van der Waals surface area contributed by atoms with Gasteiger partial charge in [0.15, 0.2) is 0 Å². The molecule has 1 N–H and O–H groups in total. The van der Waals surface area contributed by atoms with E-state index in [1.165, 1.54) is 11.2 Å². The molecule has 2 heterocycles. The minimum absolute atomic E-state index is 0.0620. The zero-order chi connectivity index (χ0) is 21.3. The van der Waals surface area contributed by atoms with Crippen LogP contribution in [-0.4, -0.2) is 30.8 Å². The number of nitrogens with one attached hydrogen (secondary N) is 1. The van der Waals surface area contributed by atoms with Crippen LogP contribution in [0.25, 0.3) is 5.57 Å². The van der Waals surface area contributed by atoms with Crippen LogP contribution in [0.5, 0.6) is 0 Å². The summed E-state index contributed by atoms with van der Waals surface area (Å²) in [6.07, 6.45) is 1.51. The van der Waals surface area contributed by atoms with E-state index in [-0.39, 0.29) is 18.1 Å². The lowest BCUT2D eigenvalue weighted by Crippen LogP contribution is -2.31. The van der Waals surface area contributed by atoms with Gasteiger partial charge >= 0.3 is 0 Å². The third-order valence-corrected chi connectivity index (χ3v) is 5.10. The predicted molar refractivity (Wildman–Crippen MR) is 117 cm³/mol. The Morgan fingerprint density at radius 1 is 0.967 bits per heavy atom. The molecule has 1 aromatic heterocycles. The van der Waals surface area contributed by atoms with E-state index in [1.807, 2.05) is 43.3 Å². The van der Waals surface area contributed by atoms with E-state index >= 15 is 0 Å². The second-order valence-electron chi connectivity index (χ2n) is 7.10. The summed E-state index contributed by atoms with van der Waals surface area (Å²) < 4.78 is 5.33. The van der Waals surface area contributed by atoms with Crippen LogP contribution >= 0.6 is 11.6 Å². The molecule has 0 radical (unpaired) electrons. The molecule has 7 heteroatoms. The number of carbonyl (C=O) groups excluding carboxylic acids is 2. The Bertz CT molecular complexity index is 1100. The zero-order valence-electron chi connectivity index (χ0n) is 16.6.